The number of nitrogens with two attached hydrogens (primary N) is 1. The highest BCUT2D eigenvalue weighted by Crippen LogP contribution is 2.24. The summed E-state index contributed by atoms with van der Waals surface area (Å²) in [7, 11) is 0. The first kappa shape index (κ1) is 15.2. The van der Waals surface area contributed by atoms with E-state index in [1.54, 1.807) is 0 Å². The van der Waals surface area contributed by atoms with Gasteiger partial charge in [-0.2, -0.15) is 0 Å². The number of hydrogen-bond donors (Lipinski definition) is 2. The molecule has 0 aromatic carbocycles. The maximum Gasteiger partial charge on any atom is 0.408 e. The number of hydrogen-bond acceptors (Lipinski definition) is 5. The smallest absolute Gasteiger partial charge is 0.408 e. The van der Waals surface area contributed by atoms with Crippen LogP contribution in [0.5, 0.6) is 0 Å². The van der Waals surface area contributed by atoms with Crippen LogP contribution in [0.1, 0.15) is 34.6 Å². The third kappa shape index (κ3) is 4.80. The van der Waals surface area contributed by atoms with Gasteiger partial charge in [0, 0.05) is 6.54 Å². The van der Waals surface area contributed by atoms with E-state index >= 15 is 0 Å². The van der Waals surface area contributed by atoms with Gasteiger partial charge in [-0.15, -0.1) is 0 Å². The maximum atomic E-state index is 11.7. The summed E-state index contributed by atoms with van der Waals surface area (Å²) in [5, 5.41) is 2.71. The van der Waals surface area contributed by atoms with E-state index in [0.29, 0.717) is 6.61 Å². The summed E-state index contributed by atoms with van der Waals surface area (Å²) in [6.45, 7) is 9.75. The molecular formula is C12H24N2O4. The van der Waals surface area contributed by atoms with Crippen LogP contribution in [0.25, 0.3) is 0 Å². The third-order valence-corrected chi connectivity index (χ3v) is 2.44. The Kier molecular flexibility index (Phi) is 4.58. The average molecular weight is 260 g/mol. The Bertz CT molecular complexity index is 299. The van der Waals surface area contributed by atoms with Crippen molar-refractivity contribution in [2.45, 2.75) is 58.2 Å². The Morgan fingerprint density at radius 3 is 2.56 bits per heavy atom. The maximum absolute atomic E-state index is 11.7. The summed E-state index contributed by atoms with van der Waals surface area (Å²) in [5.41, 5.74) is 5.12. The predicted molar refractivity (Wildman–Crippen MR) is 67.1 cm³/mol. The first-order valence-electron chi connectivity index (χ1n) is 6.14. The molecule has 2 unspecified atom stereocenters. The molecule has 0 bridgehead atoms. The molecule has 6 heteroatoms. The molecule has 6 nitrogen and oxygen atoms in total. The Morgan fingerprint density at radius 1 is 1.56 bits per heavy atom. The van der Waals surface area contributed by atoms with Crippen molar-refractivity contribution in [3.05, 3.63) is 0 Å². The Morgan fingerprint density at radius 2 is 2.17 bits per heavy atom. The molecule has 3 N–H and O–H groups in total. The fraction of sp³-hybridized carbons (Fsp3) is 0.917. The van der Waals surface area contributed by atoms with Gasteiger partial charge in [0.1, 0.15) is 11.7 Å². The number of nitrogens with one attached hydrogen (secondary N) is 1. The van der Waals surface area contributed by atoms with Gasteiger partial charge in [0.25, 0.3) is 0 Å². The standard InChI is InChI=1S/C12H24N2O4/c1-11(2,3)18-10(15)14-8(6-13)9-7-16-12(4,5)17-9/h8-9H,6-7,13H2,1-5H3,(H,14,15). The fourth-order valence-corrected chi connectivity index (χ4v) is 1.68. The van der Waals surface area contributed by atoms with Crippen LogP contribution in [0.3, 0.4) is 0 Å². The lowest BCUT2D eigenvalue weighted by Crippen LogP contribution is -2.50. The van der Waals surface area contributed by atoms with Crippen molar-refractivity contribution in [3.63, 3.8) is 0 Å². The van der Waals surface area contributed by atoms with Gasteiger partial charge in [0.15, 0.2) is 5.79 Å². The molecule has 1 fully saturated rings. The van der Waals surface area contributed by atoms with Crippen LogP contribution in [0.15, 0.2) is 0 Å². The first-order chi connectivity index (χ1) is 8.13. The highest BCUT2D eigenvalue weighted by atomic mass is 16.7. The van der Waals surface area contributed by atoms with Crippen LogP contribution in [0, 0.1) is 0 Å². The zero-order valence-corrected chi connectivity index (χ0v) is 11.8. The van der Waals surface area contributed by atoms with Crippen LogP contribution in [-0.2, 0) is 14.2 Å². The summed E-state index contributed by atoms with van der Waals surface area (Å²) in [6, 6.07) is -0.318. The SMILES string of the molecule is CC(C)(C)OC(=O)NC(CN)C1COC(C)(C)O1. The highest BCUT2D eigenvalue weighted by Gasteiger charge is 2.37. The molecule has 2 atom stereocenters. The van der Waals surface area contributed by atoms with E-state index in [4.69, 9.17) is 19.9 Å². The van der Waals surface area contributed by atoms with Crippen molar-refractivity contribution in [3.8, 4) is 0 Å². The minimum absolute atomic E-state index is 0.252. The first-order valence-corrected chi connectivity index (χ1v) is 6.14. The molecule has 0 spiro atoms. The number of rotatable bonds is 3. The van der Waals surface area contributed by atoms with E-state index in [0.717, 1.165) is 0 Å². The van der Waals surface area contributed by atoms with Crippen LogP contribution >= 0.6 is 0 Å². The molecule has 18 heavy (non-hydrogen) atoms. The second kappa shape index (κ2) is 5.42. The molecule has 1 amide bonds. The lowest BCUT2D eigenvalue weighted by molar-refractivity contribution is -0.141. The third-order valence-electron chi connectivity index (χ3n) is 2.44. The van der Waals surface area contributed by atoms with Crippen molar-refractivity contribution in [2.24, 2.45) is 5.73 Å². The van der Waals surface area contributed by atoms with Crippen molar-refractivity contribution in [2.75, 3.05) is 13.2 Å². The molecule has 1 heterocycles. The normalized spacial score (nSPS) is 24.7. The summed E-state index contributed by atoms with van der Waals surface area (Å²) >= 11 is 0. The van der Waals surface area contributed by atoms with Crippen LogP contribution in [0.2, 0.25) is 0 Å². The molecule has 0 aromatic heterocycles. The van der Waals surface area contributed by atoms with Crippen molar-refractivity contribution >= 4 is 6.09 Å². The molecule has 0 saturated carbocycles. The number of carbonyl (C=O) groups is 1. The summed E-state index contributed by atoms with van der Waals surface area (Å²) in [5.74, 6) is -0.631. The van der Waals surface area contributed by atoms with E-state index < -0.39 is 17.5 Å². The molecule has 0 aromatic rings. The fourth-order valence-electron chi connectivity index (χ4n) is 1.68. The number of alkyl carbamates (subject to hydrolysis) is 1. The lowest BCUT2D eigenvalue weighted by atomic mass is 10.1. The topological polar surface area (TPSA) is 82.8 Å². The minimum atomic E-state index is -0.631. The summed E-state index contributed by atoms with van der Waals surface area (Å²) < 4.78 is 16.3. The number of ether oxygens (including phenoxy) is 3. The minimum Gasteiger partial charge on any atom is -0.444 e. The zero-order valence-electron chi connectivity index (χ0n) is 11.8. The lowest BCUT2D eigenvalue weighted by Gasteiger charge is -2.26. The van der Waals surface area contributed by atoms with Gasteiger partial charge in [-0.05, 0) is 34.6 Å². The van der Waals surface area contributed by atoms with E-state index in [-0.39, 0.29) is 18.7 Å². The van der Waals surface area contributed by atoms with E-state index in [9.17, 15) is 4.79 Å². The van der Waals surface area contributed by atoms with Crippen molar-refractivity contribution in [1.82, 2.24) is 5.32 Å². The average Bonchev–Trinajstić information content (AvgIpc) is 2.52. The molecule has 1 rings (SSSR count). The highest BCUT2D eigenvalue weighted by molar-refractivity contribution is 5.68. The van der Waals surface area contributed by atoms with Crippen molar-refractivity contribution < 1.29 is 19.0 Å². The molecule has 1 saturated heterocycles. The van der Waals surface area contributed by atoms with E-state index in [2.05, 4.69) is 5.32 Å². The zero-order chi connectivity index (χ0) is 14.0. The van der Waals surface area contributed by atoms with Gasteiger partial charge in [-0.25, -0.2) is 4.79 Å². The largest absolute Gasteiger partial charge is 0.444 e. The van der Waals surface area contributed by atoms with Gasteiger partial charge in [-0.1, -0.05) is 0 Å². The Balaban J connectivity index is 2.50. The van der Waals surface area contributed by atoms with Gasteiger partial charge in [-0.3, -0.25) is 0 Å². The van der Waals surface area contributed by atoms with E-state index in [1.165, 1.54) is 0 Å². The molecule has 0 aliphatic carbocycles. The Labute approximate surface area is 108 Å². The second-order valence-corrected chi connectivity index (χ2v) is 5.86. The van der Waals surface area contributed by atoms with Gasteiger partial charge >= 0.3 is 6.09 Å². The molecule has 1 aliphatic heterocycles. The van der Waals surface area contributed by atoms with Gasteiger partial charge in [0.05, 0.1) is 12.6 Å². The van der Waals surface area contributed by atoms with Gasteiger partial charge in [0.2, 0.25) is 0 Å². The van der Waals surface area contributed by atoms with Crippen molar-refractivity contribution in [1.29, 1.82) is 0 Å². The number of amides is 1. The predicted octanol–water partition coefficient (Wildman–Crippen LogP) is 0.990. The van der Waals surface area contributed by atoms with E-state index in [1.807, 2.05) is 34.6 Å². The monoisotopic (exact) mass is 260 g/mol. The van der Waals surface area contributed by atoms with Crippen LogP contribution < -0.4 is 11.1 Å². The summed E-state index contributed by atoms with van der Waals surface area (Å²) in [6.07, 6.45) is -0.747. The molecular weight excluding hydrogens is 236 g/mol. The summed E-state index contributed by atoms with van der Waals surface area (Å²) in [4.78, 5) is 11.7. The van der Waals surface area contributed by atoms with Crippen LogP contribution in [-0.4, -0.2) is 42.8 Å². The van der Waals surface area contributed by atoms with Gasteiger partial charge < -0.3 is 25.3 Å². The molecule has 106 valence electrons. The second-order valence-electron chi connectivity index (χ2n) is 5.86. The quantitative estimate of drug-likeness (QED) is 0.790. The number of carbonyl (C=O) groups excluding carboxylic acids is 1. The Hall–Kier alpha value is -0.850. The molecule has 0 radical (unpaired) electrons. The molecule has 1 aliphatic rings. The van der Waals surface area contributed by atoms with Crippen LogP contribution in [0.4, 0.5) is 4.79 Å².